The van der Waals surface area contributed by atoms with Crippen molar-refractivity contribution in [2.75, 3.05) is 6.54 Å². The zero-order chi connectivity index (χ0) is 21.0. The first-order chi connectivity index (χ1) is 13.8. The molecule has 1 unspecified atom stereocenters. The summed E-state index contributed by atoms with van der Waals surface area (Å²) in [6.07, 6.45) is 1.96. The van der Waals surface area contributed by atoms with Crippen LogP contribution in [0.4, 0.5) is 4.79 Å². The van der Waals surface area contributed by atoms with Crippen LogP contribution in [0.1, 0.15) is 51.8 Å². The highest BCUT2D eigenvalue weighted by molar-refractivity contribution is 7.13. The number of carbonyl (C=O) groups excluding carboxylic acids is 2. The predicted octanol–water partition coefficient (Wildman–Crippen LogP) is 4.39. The molecule has 1 aromatic carbocycles. The van der Waals surface area contributed by atoms with Crippen molar-refractivity contribution in [3.63, 3.8) is 0 Å². The van der Waals surface area contributed by atoms with Crippen LogP contribution in [0.2, 0.25) is 0 Å². The second-order valence-electron chi connectivity index (χ2n) is 8.23. The number of thiazole rings is 1. The molecule has 1 aliphatic rings. The summed E-state index contributed by atoms with van der Waals surface area (Å²) in [6.45, 7) is 8.57. The smallest absolute Gasteiger partial charge is 0.410 e. The fraction of sp³-hybridized carbons (Fsp3) is 0.500. The quantitative estimate of drug-likeness (QED) is 0.786. The first kappa shape index (κ1) is 21.3. The molecule has 7 heteroatoms. The number of hydrogen-bond donors (Lipinski definition) is 1. The van der Waals surface area contributed by atoms with Crippen LogP contribution in [-0.4, -0.2) is 40.1 Å². The predicted molar refractivity (Wildman–Crippen MR) is 115 cm³/mol. The molecule has 1 N–H and O–H groups in total. The molecule has 29 heavy (non-hydrogen) atoms. The third-order valence-corrected chi connectivity index (χ3v) is 5.76. The van der Waals surface area contributed by atoms with Crippen molar-refractivity contribution in [3.8, 4) is 10.4 Å². The third-order valence-electron chi connectivity index (χ3n) is 4.84. The SMILES string of the molecule is CCc1ncsc1-c1ccc(CNC(=O)C2CCCN2C(=O)OC(C)(C)C)cc1. The fourth-order valence-electron chi connectivity index (χ4n) is 3.42. The molecule has 0 saturated carbocycles. The number of benzene rings is 1. The van der Waals surface area contributed by atoms with E-state index < -0.39 is 17.7 Å². The maximum atomic E-state index is 12.7. The number of likely N-dealkylation sites (tertiary alicyclic amines) is 1. The van der Waals surface area contributed by atoms with Crippen molar-refractivity contribution in [1.82, 2.24) is 15.2 Å². The summed E-state index contributed by atoms with van der Waals surface area (Å²) >= 11 is 1.64. The molecule has 0 radical (unpaired) electrons. The minimum absolute atomic E-state index is 0.131. The largest absolute Gasteiger partial charge is 0.444 e. The summed E-state index contributed by atoms with van der Waals surface area (Å²) in [5.41, 5.74) is 4.58. The van der Waals surface area contributed by atoms with Gasteiger partial charge in [-0.25, -0.2) is 9.78 Å². The van der Waals surface area contributed by atoms with Crippen LogP contribution in [-0.2, 0) is 22.5 Å². The summed E-state index contributed by atoms with van der Waals surface area (Å²) < 4.78 is 5.44. The highest BCUT2D eigenvalue weighted by atomic mass is 32.1. The molecular formula is C22H29N3O3S. The van der Waals surface area contributed by atoms with E-state index in [0.717, 1.165) is 29.7 Å². The fourth-order valence-corrected chi connectivity index (χ4v) is 4.31. The Kier molecular flexibility index (Phi) is 6.57. The van der Waals surface area contributed by atoms with Gasteiger partial charge in [0, 0.05) is 13.1 Å². The molecule has 0 aliphatic carbocycles. The van der Waals surface area contributed by atoms with E-state index in [9.17, 15) is 9.59 Å². The van der Waals surface area contributed by atoms with Gasteiger partial charge in [-0.3, -0.25) is 9.69 Å². The van der Waals surface area contributed by atoms with Crippen LogP contribution < -0.4 is 5.32 Å². The molecule has 0 bridgehead atoms. The van der Waals surface area contributed by atoms with Gasteiger partial charge in [-0.2, -0.15) is 0 Å². The van der Waals surface area contributed by atoms with Crippen LogP contribution >= 0.6 is 11.3 Å². The van der Waals surface area contributed by atoms with Crippen molar-refractivity contribution >= 4 is 23.3 Å². The van der Waals surface area contributed by atoms with Gasteiger partial charge < -0.3 is 10.1 Å². The van der Waals surface area contributed by atoms with E-state index in [1.165, 1.54) is 4.88 Å². The Hall–Kier alpha value is -2.41. The molecule has 3 rings (SSSR count). The lowest BCUT2D eigenvalue weighted by Gasteiger charge is -2.28. The molecule has 1 atom stereocenters. The van der Waals surface area contributed by atoms with Gasteiger partial charge >= 0.3 is 6.09 Å². The number of nitrogens with one attached hydrogen (secondary N) is 1. The van der Waals surface area contributed by atoms with E-state index in [-0.39, 0.29) is 5.91 Å². The highest BCUT2D eigenvalue weighted by Gasteiger charge is 2.36. The molecular weight excluding hydrogens is 386 g/mol. The lowest BCUT2D eigenvalue weighted by atomic mass is 10.1. The van der Waals surface area contributed by atoms with E-state index in [1.54, 1.807) is 16.2 Å². The van der Waals surface area contributed by atoms with E-state index in [4.69, 9.17) is 4.74 Å². The topological polar surface area (TPSA) is 71.5 Å². The maximum Gasteiger partial charge on any atom is 0.410 e. The van der Waals surface area contributed by atoms with E-state index in [1.807, 2.05) is 38.4 Å². The van der Waals surface area contributed by atoms with Crippen LogP contribution in [0, 0.1) is 0 Å². The maximum absolute atomic E-state index is 12.7. The number of hydrogen-bond acceptors (Lipinski definition) is 5. The number of ether oxygens (including phenoxy) is 1. The zero-order valence-corrected chi connectivity index (χ0v) is 18.3. The zero-order valence-electron chi connectivity index (χ0n) is 17.5. The first-order valence-corrected chi connectivity index (χ1v) is 11.0. The number of aryl methyl sites for hydroxylation is 1. The van der Waals surface area contributed by atoms with Crippen molar-refractivity contribution in [1.29, 1.82) is 0 Å². The Morgan fingerprint density at radius 3 is 2.66 bits per heavy atom. The Labute approximate surface area is 176 Å². The minimum atomic E-state index is -0.571. The Morgan fingerprint density at radius 1 is 1.28 bits per heavy atom. The molecule has 2 amide bonds. The van der Waals surface area contributed by atoms with Crippen molar-refractivity contribution in [2.45, 2.75) is 65.1 Å². The number of carbonyl (C=O) groups is 2. The van der Waals surface area contributed by atoms with E-state index in [2.05, 4.69) is 29.4 Å². The standard InChI is InChI=1S/C22H29N3O3S/c1-5-17-19(29-14-24-17)16-10-8-15(9-11-16)13-23-20(26)18-7-6-12-25(18)21(27)28-22(2,3)4/h8-11,14,18H,5-7,12-13H2,1-4H3,(H,23,26). The van der Waals surface area contributed by atoms with Crippen molar-refractivity contribution in [3.05, 3.63) is 41.0 Å². The Balaban J connectivity index is 1.58. The summed E-state index contributed by atoms with van der Waals surface area (Å²) in [5, 5.41) is 2.97. The summed E-state index contributed by atoms with van der Waals surface area (Å²) in [4.78, 5) is 32.2. The van der Waals surface area contributed by atoms with Gasteiger partial charge in [0.25, 0.3) is 0 Å². The first-order valence-electron chi connectivity index (χ1n) is 10.1. The van der Waals surface area contributed by atoms with Crippen LogP contribution in [0.15, 0.2) is 29.8 Å². The Bertz CT molecular complexity index is 855. The van der Waals surface area contributed by atoms with Gasteiger partial charge in [0.1, 0.15) is 11.6 Å². The average Bonchev–Trinajstić information content (AvgIpc) is 3.34. The number of nitrogens with zero attached hydrogens (tertiary/aromatic N) is 2. The lowest BCUT2D eigenvalue weighted by Crippen LogP contribution is -2.47. The van der Waals surface area contributed by atoms with Crippen LogP contribution in [0.5, 0.6) is 0 Å². The van der Waals surface area contributed by atoms with Gasteiger partial charge in [0.15, 0.2) is 0 Å². The van der Waals surface area contributed by atoms with Crippen LogP contribution in [0.3, 0.4) is 0 Å². The van der Waals surface area contributed by atoms with Crippen molar-refractivity contribution in [2.24, 2.45) is 0 Å². The second kappa shape index (κ2) is 8.95. The van der Waals surface area contributed by atoms with Gasteiger partial charge in [-0.05, 0) is 51.2 Å². The molecule has 1 aromatic heterocycles. The molecule has 1 saturated heterocycles. The molecule has 2 aromatic rings. The molecule has 1 aliphatic heterocycles. The third kappa shape index (κ3) is 5.35. The Morgan fingerprint density at radius 2 is 2.00 bits per heavy atom. The normalized spacial score (nSPS) is 16.7. The molecule has 156 valence electrons. The molecule has 1 fully saturated rings. The van der Waals surface area contributed by atoms with Gasteiger partial charge in [0.2, 0.25) is 5.91 Å². The summed E-state index contributed by atoms with van der Waals surface area (Å²) in [6, 6.07) is 7.71. The van der Waals surface area contributed by atoms with Gasteiger partial charge in [-0.15, -0.1) is 11.3 Å². The monoisotopic (exact) mass is 415 g/mol. The second-order valence-corrected chi connectivity index (χ2v) is 9.08. The number of amides is 2. The van der Waals surface area contributed by atoms with Crippen LogP contribution in [0.25, 0.3) is 10.4 Å². The van der Waals surface area contributed by atoms with E-state index in [0.29, 0.717) is 19.5 Å². The minimum Gasteiger partial charge on any atom is -0.444 e. The highest BCUT2D eigenvalue weighted by Crippen LogP contribution is 2.28. The lowest BCUT2D eigenvalue weighted by molar-refractivity contribution is -0.125. The summed E-state index contributed by atoms with van der Waals surface area (Å²) in [7, 11) is 0. The molecule has 6 nitrogen and oxygen atoms in total. The average molecular weight is 416 g/mol. The number of aromatic nitrogens is 1. The molecule has 2 heterocycles. The van der Waals surface area contributed by atoms with Gasteiger partial charge in [0.05, 0.1) is 16.1 Å². The van der Waals surface area contributed by atoms with E-state index >= 15 is 0 Å². The van der Waals surface area contributed by atoms with Gasteiger partial charge in [-0.1, -0.05) is 31.2 Å². The van der Waals surface area contributed by atoms with Crippen molar-refractivity contribution < 1.29 is 14.3 Å². The molecule has 0 spiro atoms. The summed E-state index contributed by atoms with van der Waals surface area (Å²) in [5.74, 6) is -0.131. The number of rotatable bonds is 5.